The molecule has 0 aromatic carbocycles. The highest BCUT2D eigenvalue weighted by Gasteiger charge is 2.33. The zero-order valence-electron chi connectivity index (χ0n) is 19.2. The van der Waals surface area contributed by atoms with E-state index in [0.717, 1.165) is 17.8 Å². The average Bonchev–Trinajstić information content (AvgIpc) is 3.28. The second kappa shape index (κ2) is 8.52. The Morgan fingerprint density at radius 3 is 2.54 bits per heavy atom. The number of aromatic nitrogens is 7. The topological polar surface area (TPSA) is 101 Å². The van der Waals surface area contributed by atoms with Crippen molar-refractivity contribution in [3.05, 3.63) is 64.0 Å². The number of alkyl halides is 3. The van der Waals surface area contributed by atoms with Crippen LogP contribution in [0, 0.1) is 6.92 Å². The number of hydrogen-bond acceptors (Lipinski definition) is 7. The van der Waals surface area contributed by atoms with Crippen LogP contribution in [0.3, 0.4) is 0 Å². The Labute approximate surface area is 197 Å². The second-order valence-corrected chi connectivity index (χ2v) is 8.61. The Kier molecular flexibility index (Phi) is 5.62. The van der Waals surface area contributed by atoms with Crippen LogP contribution in [0.25, 0.3) is 22.3 Å². The van der Waals surface area contributed by atoms with E-state index in [0.29, 0.717) is 36.7 Å². The van der Waals surface area contributed by atoms with Crippen LogP contribution in [0.4, 0.5) is 13.2 Å². The summed E-state index contributed by atoms with van der Waals surface area (Å²) in [6, 6.07) is 2.18. The number of hydrogen-bond donors (Lipinski definition) is 0. The summed E-state index contributed by atoms with van der Waals surface area (Å²) in [5.41, 5.74) is 0.503. The molecule has 0 N–H and O–H groups in total. The third kappa shape index (κ3) is 4.29. The molecule has 0 spiro atoms. The molecule has 0 aliphatic carbocycles. The van der Waals surface area contributed by atoms with Crippen LogP contribution in [-0.4, -0.2) is 40.9 Å². The lowest BCUT2D eigenvalue weighted by Gasteiger charge is -2.28. The van der Waals surface area contributed by atoms with Crippen LogP contribution >= 0.6 is 0 Å². The number of nitrogens with zero attached hydrogens (tertiary/aromatic N) is 7. The fourth-order valence-corrected chi connectivity index (χ4v) is 4.23. The second-order valence-electron chi connectivity index (χ2n) is 8.61. The molecule has 0 radical (unpaired) electrons. The predicted octanol–water partition coefficient (Wildman–Crippen LogP) is 3.48. The van der Waals surface area contributed by atoms with Crippen molar-refractivity contribution in [3.8, 4) is 11.3 Å². The fourth-order valence-electron chi connectivity index (χ4n) is 4.23. The van der Waals surface area contributed by atoms with E-state index in [1.807, 2.05) is 13.2 Å². The molecule has 4 aromatic rings. The molecule has 5 heterocycles. The molecule has 12 heteroatoms. The zero-order valence-corrected chi connectivity index (χ0v) is 19.2. The van der Waals surface area contributed by atoms with Crippen LogP contribution in [0.1, 0.15) is 47.8 Å². The van der Waals surface area contributed by atoms with Gasteiger partial charge in [-0.2, -0.15) is 18.3 Å². The van der Waals surface area contributed by atoms with Crippen molar-refractivity contribution in [1.82, 2.24) is 34.3 Å². The molecule has 1 fully saturated rings. The molecule has 0 bridgehead atoms. The largest absolute Gasteiger partial charge is 0.433 e. The Balaban J connectivity index is 1.63. The molecule has 1 aliphatic heterocycles. The van der Waals surface area contributed by atoms with Crippen molar-refractivity contribution >= 4 is 11.0 Å². The predicted molar refractivity (Wildman–Crippen MR) is 119 cm³/mol. The molecule has 182 valence electrons. The van der Waals surface area contributed by atoms with Gasteiger partial charge in [-0.15, -0.1) is 0 Å². The van der Waals surface area contributed by atoms with E-state index in [1.165, 1.54) is 10.6 Å². The van der Waals surface area contributed by atoms with Crippen LogP contribution in [-0.2, 0) is 25.0 Å². The summed E-state index contributed by atoms with van der Waals surface area (Å²) in [5.74, 6) is 0.723. The zero-order chi connectivity index (χ0) is 24.9. The van der Waals surface area contributed by atoms with Gasteiger partial charge in [0, 0.05) is 50.1 Å². The van der Waals surface area contributed by atoms with Gasteiger partial charge in [-0.05, 0) is 31.9 Å². The smallest absolute Gasteiger partial charge is 0.373 e. The van der Waals surface area contributed by atoms with Crippen LogP contribution in [0.5, 0.6) is 0 Å². The molecule has 2 atom stereocenters. The quantitative estimate of drug-likeness (QED) is 0.438. The normalized spacial score (nSPS) is 18.8. The summed E-state index contributed by atoms with van der Waals surface area (Å²) in [4.78, 5) is 30.4. The lowest BCUT2D eigenvalue weighted by molar-refractivity contribution is -0.141. The minimum Gasteiger partial charge on any atom is -0.373 e. The van der Waals surface area contributed by atoms with Crippen molar-refractivity contribution in [2.75, 3.05) is 6.61 Å². The van der Waals surface area contributed by atoms with Gasteiger partial charge >= 0.3 is 6.18 Å². The first kappa shape index (κ1) is 23.1. The highest BCUT2D eigenvalue weighted by atomic mass is 19.4. The van der Waals surface area contributed by atoms with E-state index >= 15 is 0 Å². The molecule has 1 aliphatic rings. The SMILES string of the molecule is Cc1nc2c(-c3ccc(C(F)(F)F)nc3)nc([C@H]3CCO[C@@H](c4cnn(C)c4)C3)nc2c(=O)n1C. The number of aryl methyl sites for hydroxylation is 2. The molecular weight excluding hydrogens is 463 g/mol. The number of halogens is 3. The molecule has 4 aromatic heterocycles. The lowest BCUT2D eigenvalue weighted by Crippen LogP contribution is -2.24. The Morgan fingerprint density at radius 1 is 1.09 bits per heavy atom. The monoisotopic (exact) mass is 485 g/mol. The van der Waals surface area contributed by atoms with Gasteiger partial charge in [-0.3, -0.25) is 19.0 Å². The van der Waals surface area contributed by atoms with Gasteiger partial charge < -0.3 is 4.74 Å². The molecule has 9 nitrogen and oxygen atoms in total. The van der Waals surface area contributed by atoms with Gasteiger partial charge in [-0.25, -0.2) is 15.0 Å². The summed E-state index contributed by atoms with van der Waals surface area (Å²) in [6.45, 7) is 2.13. The minimum absolute atomic E-state index is 0.113. The average molecular weight is 485 g/mol. The van der Waals surface area contributed by atoms with Gasteiger partial charge in [0.05, 0.1) is 12.3 Å². The van der Waals surface area contributed by atoms with Crippen LogP contribution in [0.15, 0.2) is 35.5 Å². The van der Waals surface area contributed by atoms with E-state index < -0.39 is 11.9 Å². The summed E-state index contributed by atoms with van der Waals surface area (Å²) >= 11 is 0. The van der Waals surface area contributed by atoms with Crippen LogP contribution < -0.4 is 5.56 Å². The van der Waals surface area contributed by atoms with Crippen molar-refractivity contribution in [2.45, 2.75) is 38.0 Å². The molecule has 35 heavy (non-hydrogen) atoms. The Bertz CT molecular complexity index is 1460. The van der Waals surface area contributed by atoms with E-state index in [2.05, 4.69) is 20.1 Å². The number of fused-ring (bicyclic) bond motifs is 1. The van der Waals surface area contributed by atoms with Gasteiger partial charge in [0.25, 0.3) is 5.56 Å². The van der Waals surface area contributed by atoms with Gasteiger partial charge in [-0.1, -0.05) is 0 Å². The maximum atomic E-state index is 13.1. The first-order valence-electron chi connectivity index (χ1n) is 11.0. The standard InChI is InChI=1S/C23H22F3N7O2/c1-12-29-19-18(14-4-5-17(27-9-14)23(24,25)26)30-21(31-20(19)22(34)33(12)3)13-6-7-35-16(8-13)15-10-28-32(2)11-15/h4-5,9-11,13,16H,6-8H2,1-3H3/t13-,16+/m0/s1. The van der Waals surface area contributed by atoms with Crippen molar-refractivity contribution in [1.29, 1.82) is 0 Å². The summed E-state index contributed by atoms with van der Waals surface area (Å²) in [7, 11) is 3.42. The van der Waals surface area contributed by atoms with Crippen LogP contribution in [0.2, 0.25) is 0 Å². The summed E-state index contributed by atoms with van der Waals surface area (Å²) in [5, 5.41) is 4.20. The Morgan fingerprint density at radius 2 is 1.89 bits per heavy atom. The third-order valence-electron chi connectivity index (χ3n) is 6.24. The number of pyridine rings is 1. The van der Waals surface area contributed by atoms with Gasteiger partial charge in [0.1, 0.15) is 28.6 Å². The van der Waals surface area contributed by atoms with Crippen molar-refractivity contribution < 1.29 is 17.9 Å². The maximum Gasteiger partial charge on any atom is 0.433 e. The first-order chi connectivity index (χ1) is 16.6. The van der Waals surface area contributed by atoms with E-state index in [1.54, 1.807) is 24.9 Å². The highest BCUT2D eigenvalue weighted by molar-refractivity contribution is 5.88. The molecule has 0 unspecified atom stereocenters. The number of rotatable bonds is 3. The highest BCUT2D eigenvalue weighted by Crippen LogP contribution is 2.37. The number of ether oxygens (including phenoxy) is 1. The Hall–Kier alpha value is -3.67. The first-order valence-corrected chi connectivity index (χ1v) is 11.0. The summed E-state index contributed by atoms with van der Waals surface area (Å²) < 4.78 is 48.2. The van der Waals surface area contributed by atoms with E-state index in [-0.39, 0.29) is 34.3 Å². The molecule has 5 rings (SSSR count). The minimum atomic E-state index is -4.56. The van der Waals surface area contributed by atoms with Gasteiger partial charge in [0.15, 0.2) is 5.52 Å². The summed E-state index contributed by atoms with van der Waals surface area (Å²) in [6.07, 6.45) is 1.16. The van der Waals surface area contributed by atoms with Crippen molar-refractivity contribution in [2.24, 2.45) is 14.1 Å². The maximum absolute atomic E-state index is 13.1. The molecule has 0 amide bonds. The van der Waals surface area contributed by atoms with Gasteiger partial charge in [0.2, 0.25) is 0 Å². The van der Waals surface area contributed by atoms with Crippen molar-refractivity contribution in [3.63, 3.8) is 0 Å². The third-order valence-corrected chi connectivity index (χ3v) is 6.24. The molecular formula is C23H22F3N7O2. The lowest BCUT2D eigenvalue weighted by atomic mass is 9.92. The molecule has 1 saturated heterocycles. The van der Waals surface area contributed by atoms with E-state index in [9.17, 15) is 18.0 Å². The fraction of sp³-hybridized carbons (Fsp3) is 0.391. The van der Waals surface area contributed by atoms with E-state index in [4.69, 9.17) is 9.72 Å². The molecule has 0 saturated carbocycles.